The molecule has 0 N–H and O–H groups in total. The summed E-state index contributed by atoms with van der Waals surface area (Å²) in [4.78, 5) is 0. The van der Waals surface area contributed by atoms with Crippen molar-refractivity contribution in [2.45, 2.75) is 38.2 Å². The fourth-order valence-electron chi connectivity index (χ4n) is 3.14. The van der Waals surface area contributed by atoms with E-state index in [0.29, 0.717) is 19.8 Å². The number of allylic oxidation sites excluding steroid dienone is 1. The summed E-state index contributed by atoms with van der Waals surface area (Å²) in [6.07, 6.45) is 5.09. The predicted octanol–water partition coefficient (Wildman–Crippen LogP) is 2.33. The van der Waals surface area contributed by atoms with Gasteiger partial charge < -0.3 is 27.5 Å². The third kappa shape index (κ3) is 3.79. The molecule has 2 saturated heterocycles. The Balaban J connectivity index is 1.85. The van der Waals surface area contributed by atoms with E-state index in [2.05, 4.69) is 13.0 Å². The van der Waals surface area contributed by atoms with E-state index in [4.69, 9.17) is 27.5 Å². The van der Waals surface area contributed by atoms with E-state index < -0.39 is 14.8 Å². The number of ether oxygens (including phenoxy) is 3. The normalized spacial score (nSPS) is 25.3. The van der Waals surface area contributed by atoms with Gasteiger partial charge in [-0.3, -0.25) is 0 Å². The van der Waals surface area contributed by atoms with Crippen LogP contribution in [0.3, 0.4) is 0 Å². The Kier molecular flexibility index (Phi) is 6.57. The van der Waals surface area contributed by atoms with Crippen molar-refractivity contribution >= 4 is 8.80 Å². The van der Waals surface area contributed by atoms with Crippen LogP contribution in [0.5, 0.6) is 0 Å². The minimum Gasteiger partial charge on any atom is -0.377 e. The summed E-state index contributed by atoms with van der Waals surface area (Å²) in [6.45, 7) is 4.02. The summed E-state index contributed by atoms with van der Waals surface area (Å²) < 4.78 is 33.4. The van der Waals surface area contributed by atoms with Gasteiger partial charge in [0, 0.05) is 27.4 Å². The summed E-state index contributed by atoms with van der Waals surface area (Å²) >= 11 is 0. The predicted molar refractivity (Wildman–Crippen MR) is 83.3 cm³/mol. The van der Waals surface area contributed by atoms with Crippen LogP contribution in [0.4, 0.5) is 0 Å². The second-order valence-corrected chi connectivity index (χ2v) is 8.72. The lowest BCUT2D eigenvalue weighted by Gasteiger charge is -2.28. The van der Waals surface area contributed by atoms with Gasteiger partial charge >= 0.3 is 8.80 Å². The van der Waals surface area contributed by atoms with Crippen molar-refractivity contribution in [1.29, 1.82) is 0 Å². The van der Waals surface area contributed by atoms with Gasteiger partial charge in [-0.15, -0.1) is 0 Å². The second-order valence-electron chi connectivity index (χ2n) is 5.63. The summed E-state index contributed by atoms with van der Waals surface area (Å²) in [6, 6.07) is 0.805. The monoisotopic (exact) mass is 332 g/mol. The molecule has 2 fully saturated rings. The van der Waals surface area contributed by atoms with Crippen LogP contribution < -0.4 is 0 Å². The summed E-state index contributed by atoms with van der Waals surface area (Å²) in [5, 5.41) is 0. The van der Waals surface area contributed by atoms with Crippen LogP contribution >= 0.6 is 0 Å². The van der Waals surface area contributed by atoms with Gasteiger partial charge in [0.2, 0.25) is 0 Å². The van der Waals surface area contributed by atoms with Gasteiger partial charge in [-0.1, -0.05) is 11.6 Å². The highest BCUT2D eigenvalue weighted by Crippen LogP contribution is 2.41. The van der Waals surface area contributed by atoms with Crippen LogP contribution in [0, 0.1) is 5.92 Å². The van der Waals surface area contributed by atoms with Crippen LogP contribution in [0.1, 0.15) is 26.2 Å². The fraction of sp³-hybridized carbons (Fsp3) is 0.867. The van der Waals surface area contributed by atoms with E-state index in [1.807, 2.05) is 0 Å². The molecule has 128 valence electrons. The van der Waals surface area contributed by atoms with Crippen molar-refractivity contribution in [3.05, 3.63) is 11.6 Å². The summed E-state index contributed by atoms with van der Waals surface area (Å²) in [7, 11) is 2.49. The minimum absolute atomic E-state index is 0.185. The minimum atomic E-state index is -2.46. The first kappa shape index (κ1) is 18.1. The molecule has 0 aromatic rings. The largest absolute Gasteiger partial charge is 0.500 e. The van der Waals surface area contributed by atoms with E-state index in [1.54, 1.807) is 21.3 Å². The SMILES string of the molecule is CO[Si](CCCC=C(C)C1CCOC12OCCO2)(OC)OC. The van der Waals surface area contributed by atoms with E-state index >= 15 is 0 Å². The smallest absolute Gasteiger partial charge is 0.377 e. The zero-order valence-electron chi connectivity index (χ0n) is 14.1. The van der Waals surface area contributed by atoms with Crippen LogP contribution in [0.2, 0.25) is 6.04 Å². The molecule has 0 aromatic carbocycles. The number of rotatable bonds is 8. The van der Waals surface area contributed by atoms with Crippen molar-refractivity contribution in [2.75, 3.05) is 41.2 Å². The van der Waals surface area contributed by atoms with Crippen LogP contribution in [0.25, 0.3) is 0 Å². The first-order chi connectivity index (χ1) is 10.6. The van der Waals surface area contributed by atoms with Gasteiger partial charge in [0.1, 0.15) is 0 Å². The van der Waals surface area contributed by atoms with Crippen molar-refractivity contribution in [2.24, 2.45) is 5.92 Å². The molecule has 7 heteroatoms. The average Bonchev–Trinajstić information content (AvgIpc) is 3.19. The Morgan fingerprint density at radius 2 is 1.68 bits per heavy atom. The van der Waals surface area contributed by atoms with E-state index in [0.717, 1.165) is 25.3 Å². The quantitative estimate of drug-likeness (QED) is 0.386. The lowest BCUT2D eigenvalue weighted by molar-refractivity contribution is -0.322. The highest BCUT2D eigenvalue weighted by molar-refractivity contribution is 6.60. The van der Waals surface area contributed by atoms with Gasteiger partial charge in [-0.25, -0.2) is 0 Å². The van der Waals surface area contributed by atoms with Gasteiger partial charge in [0.15, 0.2) is 0 Å². The van der Waals surface area contributed by atoms with Crippen molar-refractivity contribution < 1.29 is 27.5 Å². The molecule has 0 bridgehead atoms. The molecule has 1 atom stereocenters. The lowest BCUT2D eigenvalue weighted by Crippen LogP contribution is -2.42. The molecule has 2 aliphatic heterocycles. The third-order valence-corrected chi connectivity index (χ3v) is 7.29. The summed E-state index contributed by atoms with van der Waals surface area (Å²) in [5.74, 6) is -0.644. The van der Waals surface area contributed by atoms with Gasteiger partial charge in [-0.2, -0.15) is 0 Å². The molecule has 1 spiro atoms. The molecule has 2 heterocycles. The Morgan fingerprint density at radius 1 is 1.09 bits per heavy atom. The Labute approximate surface area is 134 Å². The molecular formula is C15H28O6Si. The molecule has 0 aliphatic carbocycles. The first-order valence-corrected chi connectivity index (χ1v) is 9.78. The fourth-order valence-corrected chi connectivity index (χ4v) is 4.89. The first-order valence-electron chi connectivity index (χ1n) is 7.85. The van der Waals surface area contributed by atoms with Crippen molar-refractivity contribution in [1.82, 2.24) is 0 Å². The van der Waals surface area contributed by atoms with E-state index in [-0.39, 0.29) is 5.92 Å². The van der Waals surface area contributed by atoms with Crippen molar-refractivity contribution in [3.8, 4) is 0 Å². The number of unbranched alkanes of at least 4 members (excludes halogenated alkanes) is 1. The molecule has 0 saturated carbocycles. The van der Waals surface area contributed by atoms with Crippen LogP contribution in [0.15, 0.2) is 11.6 Å². The molecule has 0 amide bonds. The van der Waals surface area contributed by atoms with E-state index in [1.165, 1.54) is 5.57 Å². The number of hydrogen-bond donors (Lipinski definition) is 0. The van der Waals surface area contributed by atoms with Crippen LogP contribution in [-0.2, 0) is 27.5 Å². The maximum absolute atomic E-state index is 5.71. The Morgan fingerprint density at radius 3 is 2.27 bits per heavy atom. The van der Waals surface area contributed by atoms with E-state index in [9.17, 15) is 0 Å². The summed E-state index contributed by atoms with van der Waals surface area (Å²) in [5.41, 5.74) is 1.26. The Bertz CT molecular complexity index is 362. The lowest BCUT2D eigenvalue weighted by atomic mass is 9.95. The van der Waals surface area contributed by atoms with Gasteiger partial charge in [0.25, 0.3) is 5.97 Å². The topological polar surface area (TPSA) is 55.4 Å². The Hall–Kier alpha value is -0.283. The maximum atomic E-state index is 5.71. The van der Waals surface area contributed by atoms with Gasteiger partial charge in [-0.05, 0) is 26.2 Å². The standard InChI is InChI=1S/C15H28O6Si/c1-13(7-5-6-12-22(16-2,17-3)18-4)14-8-9-19-15(14)20-10-11-21-15/h7,14H,5-6,8-12H2,1-4H3. The molecule has 1 unspecified atom stereocenters. The molecule has 22 heavy (non-hydrogen) atoms. The number of hydrogen-bond acceptors (Lipinski definition) is 6. The second kappa shape index (κ2) is 8.01. The molecule has 2 aliphatic rings. The average molecular weight is 332 g/mol. The molecule has 6 nitrogen and oxygen atoms in total. The molecule has 0 aromatic heterocycles. The molecule has 2 rings (SSSR count). The zero-order chi connectivity index (χ0) is 16.1. The van der Waals surface area contributed by atoms with Crippen LogP contribution in [-0.4, -0.2) is 55.9 Å². The maximum Gasteiger partial charge on any atom is 0.500 e. The van der Waals surface area contributed by atoms with Crippen molar-refractivity contribution in [3.63, 3.8) is 0 Å². The third-order valence-electron chi connectivity index (χ3n) is 4.46. The highest BCUT2D eigenvalue weighted by atomic mass is 28.4. The zero-order valence-corrected chi connectivity index (χ0v) is 15.1. The highest BCUT2D eigenvalue weighted by Gasteiger charge is 2.50. The van der Waals surface area contributed by atoms with Gasteiger partial charge in [0.05, 0.1) is 25.7 Å². The molecular weight excluding hydrogens is 304 g/mol. The molecule has 0 radical (unpaired) electrons.